The van der Waals surface area contributed by atoms with Crippen molar-refractivity contribution in [1.82, 2.24) is 14.9 Å². The van der Waals surface area contributed by atoms with E-state index in [0.29, 0.717) is 17.9 Å². The minimum absolute atomic E-state index is 0.156. The van der Waals surface area contributed by atoms with Crippen molar-refractivity contribution in [2.24, 2.45) is 5.41 Å². The zero-order valence-electron chi connectivity index (χ0n) is 15.2. The first kappa shape index (κ1) is 17.2. The maximum Gasteiger partial charge on any atom is 0.225 e. The van der Waals surface area contributed by atoms with Gasteiger partial charge in [0.2, 0.25) is 5.95 Å². The number of hydrogen-bond donors (Lipinski definition) is 0. The number of halogens is 1. The van der Waals surface area contributed by atoms with Crippen LogP contribution in [-0.2, 0) is 6.54 Å². The summed E-state index contributed by atoms with van der Waals surface area (Å²) in [7, 11) is 1.62. The van der Waals surface area contributed by atoms with E-state index in [2.05, 4.69) is 19.8 Å². The second-order valence-electron chi connectivity index (χ2n) is 7.49. The number of piperidine rings is 1. The van der Waals surface area contributed by atoms with E-state index >= 15 is 0 Å². The van der Waals surface area contributed by atoms with E-state index in [4.69, 9.17) is 4.74 Å². The van der Waals surface area contributed by atoms with Gasteiger partial charge in [-0.05, 0) is 50.1 Å². The summed E-state index contributed by atoms with van der Waals surface area (Å²) in [5, 5.41) is 0. The number of methoxy groups -OCH3 is 1. The van der Waals surface area contributed by atoms with Crippen LogP contribution in [0.3, 0.4) is 0 Å². The number of likely N-dealkylation sites (tertiary alicyclic amines) is 1. The van der Waals surface area contributed by atoms with Crippen LogP contribution in [0.4, 0.5) is 10.3 Å². The number of rotatable bonds is 4. The van der Waals surface area contributed by atoms with E-state index in [-0.39, 0.29) is 11.2 Å². The van der Waals surface area contributed by atoms with Crippen LogP contribution in [0.15, 0.2) is 36.7 Å². The van der Waals surface area contributed by atoms with Crippen LogP contribution in [0, 0.1) is 11.2 Å². The minimum Gasteiger partial charge on any atom is -0.497 e. The molecule has 3 heterocycles. The first-order valence-corrected chi connectivity index (χ1v) is 9.24. The van der Waals surface area contributed by atoms with Gasteiger partial charge in [0.1, 0.15) is 11.6 Å². The Bertz CT molecular complexity index is 757. The van der Waals surface area contributed by atoms with Crippen molar-refractivity contribution in [3.8, 4) is 5.75 Å². The van der Waals surface area contributed by atoms with Crippen molar-refractivity contribution >= 4 is 5.95 Å². The summed E-state index contributed by atoms with van der Waals surface area (Å²) in [6.07, 6.45) is 7.10. The highest BCUT2D eigenvalue weighted by atomic mass is 19.1. The second-order valence-corrected chi connectivity index (χ2v) is 7.49. The van der Waals surface area contributed by atoms with Gasteiger partial charge in [0.25, 0.3) is 0 Å². The average Bonchev–Trinajstić information content (AvgIpc) is 3.07. The quantitative estimate of drug-likeness (QED) is 0.842. The van der Waals surface area contributed by atoms with Gasteiger partial charge in [-0.2, -0.15) is 0 Å². The van der Waals surface area contributed by atoms with Crippen molar-refractivity contribution in [1.29, 1.82) is 0 Å². The van der Waals surface area contributed by atoms with Crippen molar-refractivity contribution in [2.75, 3.05) is 38.2 Å². The normalized spacial score (nSPS) is 23.5. The largest absolute Gasteiger partial charge is 0.497 e. The Morgan fingerprint density at radius 1 is 1.15 bits per heavy atom. The van der Waals surface area contributed by atoms with Crippen molar-refractivity contribution in [3.63, 3.8) is 0 Å². The molecule has 2 aliphatic rings. The molecule has 6 heteroatoms. The molecule has 1 aromatic heterocycles. The Kier molecular flexibility index (Phi) is 4.76. The fourth-order valence-corrected chi connectivity index (χ4v) is 4.38. The number of ether oxygens (including phenoxy) is 1. The molecule has 0 N–H and O–H groups in total. The summed E-state index contributed by atoms with van der Waals surface area (Å²) in [5.41, 5.74) is 0.968. The standard InChI is InChI=1S/C20H25FN4O/c1-26-17-4-5-18(21)16(12-17)13-24-10-2-6-20(14-24)7-11-25(15-20)19-22-8-3-9-23-19/h3-5,8-9,12H,2,6-7,10-11,13-15H2,1H3/t20-/m0/s1. The molecule has 0 bridgehead atoms. The predicted octanol–water partition coefficient (Wildman–Crippen LogP) is 3.12. The molecule has 2 fully saturated rings. The lowest BCUT2D eigenvalue weighted by Gasteiger charge is -2.40. The maximum atomic E-state index is 14.2. The molecule has 0 amide bonds. The van der Waals surface area contributed by atoms with Crippen molar-refractivity contribution in [3.05, 3.63) is 48.0 Å². The molecular weight excluding hydrogens is 331 g/mol. The third kappa shape index (κ3) is 3.51. The molecular formula is C20H25FN4O. The minimum atomic E-state index is -0.156. The van der Waals surface area contributed by atoms with Crippen LogP contribution in [0.25, 0.3) is 0 Å². The third-order valence-corrected chi connectivity index (χ3v) is 5.66. The van der Waals surface area contributed by atoms with Gasteiger partial charge in [-0.1, -0.05) is 0 Å². The van der Waals surface area contributed by atoms with Gasteiger partial charge in [-0.25, -0.2) is 14.4 Å². The molecule has 2 aliphatic heterocycles. The number of anilines is 1. The smallest absolute Gasteiger partial charge is 0.225 e. The van der Waals surface area contributed by atoms with Crippen LogP contribution in [0.5, 0.6) is 5.75 Å². The fourth-order valence-electron chi connectivity index (χ4n) is 4.38. The molecule has 1 atom stereocenters. The molecule has 2 saturated heterocycles. The molecule has 26 heavy (non-hydrogen) atoms. The SMILES string of the molecule is COc1ccc(F)c(CN2CCC[C@]3(CCN(c4ncccn4)C3)C2)c1. The maximum absolute atomic E-state index is 14.2. The number of hydrogen-bond acceptors (Lipinski definition) is 5. The highest BCUT2D eigenvalue weighted by Gasteiger charge is 2.42. The van der Waals surface area contributed by atoms with E-state index in [1.807, 2.05) is 12.1 Å². The molecule has 1 aromatic carbocycles. The van der Waals surface area contributed by atoms with Gasteiger partial charge in [-0.15, -0.1) is 0 Å². The molecule has 0 saturated carbocycles. The van der Waals surface area contributed by atoms with E-state index < -0.39 is 0 Å². The Morgan fingerprint density at radius 3 is 2.81 bits per heavy atom. The summed E-state index contributed by atoms with van der Waals surface area (Å²) in [5.74, 6) is 1.37. The zero-order valence-corrected chi connectivity index (χ0v) is 15.2. The molecule has 4 rings (SSSR count). The Morgan fingerprint density at radius 2 is 2.00 bits per heavy atom. The lowest BCUT2D eigenvalue weighted by atomic mass is 9.79. The Balaban J connectivity index is 1.45. The fraction of sp³-hybridized carbons (Fsp3) is 0.500. The molecule has 2 aromatic rings. The Hall–Kier alpha value is -2.21. The lowest BCUT2D eigenvalue weighted by Crippen LogP contribution is -2.44. The number of benzene rings is 1. The molecule has 1 spiro atoms. The summed E-state index contributed by atoms with van der Waals surface area (Å²) in [4.78, 5) is 13.5. The van der Waals surface area contributed by atoms with Crippen LogP contribution < -0.4 is 9.64 Å². The Labute approximate surface area is 153 Å². The van der Waals surface area contributed by atoms with Gasteiger partial charge in [0, 0.05) is 49.6 Å². The van der Waals surface area contributed by atoms with E-state index in [9.17, 15) is 4.39 Å². The zero-order chi connectivity index (χ0) is 18.0. The first-order chi connectivity index (χ1) is 12.7. The van der Waals surface area contributed by atoms with Crippen LogP contribution in [-0.4, -0.2) is 48.2 Å². The second kappa shape index (κ2) is 7.19. The topological polar surface area (TPSA) is 41.5 Å². The number of nitrogens with zero attached hydrogens (tertiary/aromatic N) is 4. The van der Waals surface area contributed by atoms with Gasteiger partial charge in [0.15, 0.2) is 0 Å². The molecule has 0 aliphatic carbocycles. The first-order valence-electron chi connectivity index (χ1n) is 9.24. The van der Waals surface area contributed by atoms with Gasteiger partial charge in [0.05, 0.1) is 7.11 Å². The lowest BCUT2D eigenvalue weighted by molar-refractivity contribution is 0.0981. The van der Waals surface area contributed by atoms with Crippen LogP contribution >= 0.6 is 0 Å². The predicted molar refractivity (Wildman–Crippen MR) is 98.8 cm³/mol. The summed E-state index contributed by atoms with van der Waals surface area (Å²) in [6.45, 7) is 4.61. The van der Waals surface area contributed by atoms with Gasteiger partial charge in [-0.3, -0.25) is 4.90 Å². The molecule has 0 unspecified atom stereocenters. The van der Waals surface area contributed by atoms with Crippen LogP contribution in [0.1, 0.15) is 24.8 Å². The monoisotopic (exact) mass is 356 g/mol. The highest BCUT2D eigenvalue weighted by molar-refractivity contribution is 5.32. The van der Waals surface area contributed by atoms with E-state index in [1.54, 1.807) is 25.6 Å². The molecule has 0 radical (unpaired) electrons. The van der Waals surface area contributed by atoms with Crippen molar-refractivity contribution < 1.29 is 9.13 Å². The summed E-state index contributed by atoms with van der Waals surface area (Å²) < 4.78 is 19.5. The van der Waals surface area contributed by atoms with Crippen molar-refractivity contribution in [2.45, 2.75) is 25.8 Å². The number of aromatic nitrogens is 2. The van der Waals surface area contributed by atoms with Gasteiger partial charge < -0.3 is 9.64 Å². The highest BCUT2D eigenvalue weighted by Crippen LogP contribution is 2.40. The molecule has 138 valence electrons. The summed E-state index contributed by atoms with van der Waals surface area (Å²) >= 11 is 0. The summed E-state index contributed by atoms with van der Waals surface area (Å²) in [6, 6.07) is 6.83. The average molecular weight is 356 g/mol. The van der Waals surface area contributed by atoms with E-state index in [0.717, 1.165) is 45.0 Å². The van der Waals surface area contributed by atoms with Crippen LogP contribution in [0.2, 0.25) is 0 Å². The van der Waals surface area contributed by atoms with E-state index in [1.165, 1.54) is 12.5 Å². The third-order valence-electron chi connectivity index (χ3n) is 5.66. The van der Waals surface area contributed by atoms with Gasteiger partial charge >= 0.3 is 0 Å². The molecule has 5 nitrogen and oxygen atoms in total.